The van der Waals surface area contributed by atoms with Crippen molar-refractivity contribution in [2.24, 2.45) is 5.92 Å². The van der Waals surface area contributed by atoms with Crippen molar-refractivity contribution in [3.8, 4) is 0 Å². The number of hydrogen-bond donors (Lipinski definition) is 1. The van der Waals surface area contributed by atoms with Crippen molar-refractivity contribution in [2.75, 3.05) is 5.32 Å². The minimum Gasteiger partial charge on any atom is -0.326 e. The van der Waals surface area contributed by atoms with Crippen LogP contribution in [0.5, 0.6) is 0 Å². The van der Waals surface area contributed by atoms with E-state index in [-0.39, 0.29) is 23.4 Å². The molecule has 1 aliphatic carbocycles. The molecule has 2 atom stereocenters. The maximum atomic E-state index is 12.9. The average Bonchev–Trinajstić information content (AvgIpc) is 2.63. The summed E-state index contributed by atoms with van der Waals surface area (Å²) >= 11 is 3.38. The summed E-state index contributed by atoms with van der Waals surface area (Å²) in [5.74, 6) is -0.223. The molecule has 0 radical (unpaired) electrons. The van der Waals surface area contributed by atoms with Crippen molar-refractivity contribution in [3.05, 3.63) is 80.3 Å². The second-order valence-corrected chi connectivity index (χ2v) is 7.46. The summed E-state index contributed by atoms with van der Waals surface area (Å²) in [6.45, 7) is 2.06. The molecule has 0 unspecified atom stereocenters. The van der Waals surface area contributed by atoms with Crippen LogP contribution in [0.1, 0.15) is 31.2 Å². The summed E-state index contributed by atoms with van der Waals surface area (Å²) in [4.78, 5) is 23.3. The number of nitrogens with zero attached hydrogens (tertiary/aromatic N) is 1. The number of rotatable bonds is 4. The molecule has 0 saturated heterocycles. The van der Waals surface area contributed by atoms with Crippen molar-refractivity contribution in [3.63, 3.8) is 0 Å². The van der Waals surface area contributed by atoms with E-state index in [4.69, 9.17) is 0 Å². The van der Waals surface area contributed by atoms with Crippen molar-refractivity contribution in [1.82, 2.24) is 0 Å². The van der Waals surface area contributed by atoms with Crippen molar-refractivity contribution in [1.29, 1.82) is 0 Å². The van der Waals surface area contributed by atoms with Gasteiger partial charge in [-0.15, -0.1) is 0 Å². The highest BCUT2D eigenvalue weighted by Crippen LogP contribution is 2.38. The van der Waals surface area contributed by atoms with E-state index in [0.29, 0.717) is 6.42 Å². The molecule has 134 valence electrons. The molecule has 0 heterocycles. The maximum absolute atomic E-state index is 12.9. The molecule has 5 nitrogen and oxygen atoms in total. The highest BCUT2D eigenvalue weighted by atomic mass is 79.9. The lowest BCUT2D eigenvalue weighted by Crippen LogP contribution is -2.30. The molecule has 1 aliphatic rings. The molecule has 6 heteroatoms. The van der Waals surface area contributed by atoms with Gasteiger partial charge in [0.05, 0.1) is 4.92 Å². The van der Waals surface area contributed by atoms with Gasteiger partial charge >= 0.3 is 0 Å². The van der Waals surface area contributed by atoms with E-state index in [0.717, 1.165) is 22.1 Å². The fourth-order valence-electron chi connectivity index (χ4n) is 3.32. The van der Waals surface area contributed by atoms with Gasteiger partial charge in [0.1, 0.15) is 0 Å². The first kappa shape index (κ1) is 18.3. The van der Waals surface area contributed by atoms with E-state index in [1.165, 1.54) is 17.7 Å². The zero-order valence-corrected chi connectivity index (χ0v) is 15.9. The Kier molecular flexibility index (Phi) is 5.52. The SMILES string of the molecule is CC1=CC[C@H](C(=O)Nc2ccc(Br)cc2)[C@@H](c2ccc([N+](=O)[O-])cc2)C1. The van der Waals surface area contributed by atoms with Crippen LogP contribution in [0.25, 0.3) is 0 Å². The van der Waals surface area contributed by atoms with Crippen LogP contribution in [0.3, 0.4) is 0 Å². The molecule has 0 aliphatic heterocycles. The largest absolute Gasteiger partial charge is 0.326 e. The number of allylic oxidation sites excluding steroid dienone is 2. The lowest BCUT2D eigenvalue weighted by atomic mass is 9.75. The van der Waals surface area contributed by atoms with Gasteiger partial charge in [0.2, 0.25) is 5.91 Å². The number of nitrogens with one attached hydrogen (secondary N) is 1. The topological polar surface area (TPSA) is 72.2 Å². The summed E-state index contributed by atoms with van der Waals surface area (Å²) in [5.41, 5.74) is 3.01. The predicted molar refractivity (Wildman–Crippen MR) is 105 cm³/mol. The third-order valence-corrected chi connectivity index (χ3v) is 5.26. The van der Waals surface area contributed by atoms with Gasteiger partial charge in [-0.1, -0.05) is 39.7 Å². The van der Waals surface area contributed by atoms with Gasteiger partial charge in [-0.05, 0) is 55.5 Å². The zero-order chi connectivity index (χ0) is 18.7. The lowest BCUT2D eigenvalue weighted by molar-refractivity contribution is -0.384. The molecule has 0 fully saturated rings. The number of carbonyl (C=O) groups excluding carboxylic acids is 1. The number of amides is 1. The predicted octanol–water partition coefficient (Wildman–Crippen LogP) is 5.44. The molecule has 1 N–H and O–H groups in total. The molecular weight excluding hydrogens is 396 g/mol. The molecule has 2 aromatic rings. The van der Waals surface area contributed by atoms with E-state index in [9.17, 15) is 14.9 Å². The first-order chi connectivity index (χ1) is 12.4. The molecule has 26 heavy (non-hydrogen) atoms. The highest BCUT2D eigenvalue weighted by Gasteiger charge is 2.32. The van der Waals surface area contributed by atoms with Gasteiger partial charge < -0.3 is 5.32 Å². The Labute approximate surface area is 160 Å². The van der Waals surface area contributed by atoms with Crippen LogP contribution in [0.15, 0.2) is 64.7 Å². The maximum Gasteiger partial charge on any atom is 0.269 e. The van der Waals surface area contributed by atoms with Gasteiger partial charge in [0, 0.05) is 28.2 Å². The summed E-state index contributed by atoms with van der Waals surface area (Å²) in [6, 6.07) is 14.0. The number of nitro groups is 1. The van der Waals surface area contributed by atoms with Crippen LogP contribution in [0.2, 0.25) is 0 Å². The minimum atomic E-state index is -0.409. The van der Waals surface area contributed by atoms with E-state index in [1.807, 2.05) is 24.3 Å². The number of halogens is 1. The van der Waals surface area contributed by atoms with Crippen LogP contribution in [-0.2, 0) is 4.79 Å². The molecular formula is C20H19BrN2O3. The smallest absolute Gasteiger partial charge is 0.269 e. The van der Waals surface area contributed by atoms with Crippen LogP contribution in [0.4, 0.5) is 11.4 Å². The third-order valence-electron chi connectivity index (χ3n) is 4.73. The second kappa shape index (κ2) is 7.83. The fourth-order valence-corrected chi connectivity index (χ4v) is 3.58. The second-order valence-electron chi connectivity index (χ2n) is 6.55. The monoisotopic (exact) mass is 414 g/mol. The number of anilines is 1. The number of non-ortho nitro benzene ring substituents is 1. The molecule has 0 spiro atoms. The van der Waals surface area contributed by atoms with Crippen LogP contribution in [-0.4, -0.2) is 10.8 Å². The normalized spacial score (nSPS) is 19.5. The van der Waals surface area contributed by atoms with Crippen LogP contribution < -0.4 is 5.32 Å². The summed E-state index contributed by atoms with van der Waals surface area (Å²) in [5, 5.41) is 13.9. The van der Waals surface area contributed by atoms with E-state index >= 15 is 0 Å². The fraction of sp³-hybridized carbons (Fsp3) is 0.250. The van der Waals surface area contributed by atoms with E-state index in [1.54, 1.807) is 12.1 Å². The van der Waals surface area contributed by atoms with Gasteiger partial charge in [0.25, 0.3) is 5.69 Å². The summed E-state index contributed by atoms with van der Waals surface area (Å²) < 4.78 is 0.954. The Morgan fingerprint density at radius 2 is 1.81 bits per heavy atom. The van der Waals surface area contributed by atoms with Gasteiger partial charge in [-0.3, -0.25) is 14.9 Å². The summed E-state index contributed by atoms with van der Waals surface area (Å²) in [7, 11) is 0. The average molecular weight is 415 g/mol. The lowest BCUT2D eigenvalue weighted by Gasteiger charge is -2.30. The molecule has 0 aromatic heterocycles. The van der Waals surface area contributed by atoms with Gasteiger partial charge in [0.15, 0.2) is 0 Å². The van der Waals surface area contributed by atoms with Crippen LogP contribution >= 0.6 is 15.9 Å². The first-order valence-corrected chi connectivity index (χ1v) is 9.20. The molecule has 2 aromatic carbocycles. The van der Waals surface area contributed by atoms with Gasteiger partial charge in [-0.2, -0.15) is 0 Å². The quantitative estimate of drug-likeness (QED) is 0.411. The van der Waals surface area contributed by atoms with E-state index < -0.39 is 4.92 Å². The molecule has 0 saturated carbocycles. The van der Waals surface area contributed by atoms with Crippen LogP contribution in [0, 0.1) is 16.0 Å². The first-order valence-electron chi connectivity index (χ1n) is 8.40. The standard InChI is InChI=1S/C20H19BrN2O3/c1-13-2-11-18(20(24)22-16-7-5-15(21)6-8-16)19(12-13)14-3-9-17(10-4-14)23(25)26/h2-10,18-19H,11-12H2,1H3,(H,22,24)/t18-,19+/m0/s1. The summed E-state index contributed by atoms with van der Waals surface area (Å²) in [6.07, 6.45) is 3.54. The Balaban J connectivity index is 1.82. The number of nitro benzene ring substituents is 1. The number of hydrogen-bond acceptors (Lipinski definition) is 3. The zero-order valence-electron chi connectivity index (χ0n) is 14.3. The molecule has 1 amide bonds. The highest BCUT2D eigenvalue weighted by molar-refractivity contribution is 9.10. The van der Waals surface area contributed by atoms with Crippen molar-refractivity contribution in [2.45, 2.75) is 25.7 Å². The third kappa shape index (κ3) is 4.19. The molecule has 0 bridgehead atoms. The van der Waals surface area contributed by atoms with E-state index in [2.05, 4.69) is 34.2 Å². The number of benzene rings is 2. The van der Waals surface area contributed by atoms with Crippen molar-refractivity contribution >= 4 is 33.2 Å². The number of carbonyl (C=O) groups is 1. The Morgan fingerprint density at radius 3 is 2.42 bits per heavy atom. The Morgan fingerprint density at radius 1 is 1.15 bits per heavy atom. The van der Waals surface area contributed by atoms with Crippen molar-refractivity contribution < 1.29 is 9.72 Å². The molecule has 3 rings (SSSR count). The van der Waals surface area contributed by atoms with Gasteiger partial charge in [-0.25, -0.2) is 0 Å². The Hall–Kier alpha value is -2.47. The minimum absolute atomic E-state index is 0.0104. The Bertz CT molecular complexity index is 844.